The molecule has 0 aromatic carbocycles. The van der Waals surface area contributed by atoms with Gasteiger partial charge >= 0.3 is 0 Å². The second-order valence-electron chi connectivity index (χ2n) is 1.01. The lowest BCUT2D eigenvalue weighted by Crippen LogP contribution is -1.95. The van der Waals surface area contributed by atoms with E-state index in [1.807, 2.05) is 0 Å². The van der Waals surface area contributed by atoms with Crippen molar-refractivity contribution in [1.29, 1.82) is 0 Å². The van der Waals surface area contributed by atoms with Crippen LogP contribution >= 0.6 is 28.1 Å². The average Bonchev–Trinajstić information content (AvgIpc) is 1.69. The fourth-order valence-corrected chi connectivity index (χ4v) is 0.493. The standard InChI is InChI=1S/C4H4BrNOS/c5-4(8)3(1-6)2-7/h1-2H,6H2. The number of thiocarbonyl (C=S) groups is 1. The van der Waals surface area contributed by atoms with E-state index in [0.29, 0.717) is 15.6 Å². The van der Waals surface area contributed by atoms with Crippen LogP contribution in [0.2, 0.25) is 0 Å². The first kappa shape index (κ1) is 7.78. The van der Waals surface area contributed by atoms with Crippen molar-refractivity contribution < 1.29 is 4.79 Å². The zero-order valence-corrected chi connectivity index (χ0v) is 6.33. The smallest absolute Gasteiger partial charge is 0.153 e. The van der Waals surface area contributed by atoms with Crippen LogP contribution in [0.3, 0.4) is 0 Å². The van der Waals surface area contributed by atoms with E-state index in [2.05, 4.69) is 28.1 Å². The molecule has 4 heteroatoms. The zero-order chi connectivity index (χ0) is 6.57. The topological polar surface area (TPSA) is 43.1 Å². The Morgan fingerprint density at radius 1 is 1.75 bits per heavy atom. The van der Waals surface area contributed by atoms with E-state index in [4.69, 9.17) is 5.73 Å². The lowest BCUT2D eigenvalue weighted by atomic mass is 10.4. The summed E-state index contributed by atoms with van der Waals surface area (Å²) in [6.07, 6.45) is 1.75. The van der Waals surface area contributed by atoms with Gasteiger partial charge in [0.25, 0.3) is 0 Å². The third-order valence-corrected chi connectivity index (χ3v) is 1.23. The number of carbonyl (C=O) groups is 1. The van der Waals surface area contributed by atoms with Gasteiger partial charge in [-0.3, -0.25) is 4.79 Å². The van der Waals surface area contributed by atoms with Crippen LogP contribution in [0.4, 0.5) is 0 Å². The molecule has 0 aromatic heterocycles. The quantitative estimate of drug-likeness (QED) is 0.305. The van der Waals surface area contributed by atoms with Crippen molar-refractivity contribution in [1.82, 2.24) is 0 Å². The Morgan fingerprint density at radius 2 is 2.25 bits per heavy atom. The molecule has 2 N–H and O–H groups in total. The average molecular weight is 194 g/mol. The number of allylic oxidation sites excluding steroid dienone is 1. The van der Waals surface area contributed by atoms with E-state index in [0.717, 1.165) is 6.20 Å². The van der Waals surface area contributed by atoms with Gasteiger partial charge in [-0.05, 0) is 15.9 Å². The van der Waals surface area contributed by atoms with Gasteiger partial charge in [0, 0.05) is 6.20 Å². The molecule has 2 nitrogen and oxygen atoms in total. The Bertz CT molecular complexity index is 143. The maximum absolute atomic E-state index is 9.91. The van der Waals surface area contributed by atoms with E-state index in [1.54, 1.807) is 0 Å². The molecule has 0 aliphatic heterocycles. The van der Waals surface area contributed by atoms with Gasteiger partial charge in [0.2, 0.25) is 0 Å². The van der Waals surface area contributed by atoms with Crippen LogP contribution in [0.1, 0.15) is 0 Å². The molecule has 0 atom stereocenters. The normalized spacial score (nSPS) is 10.9. The molecule has 0 saturated carbocycles. The first-order valence-electron chi connectivity index (χ1n) is 1.79. The summed E-state index contributed by atoms with van der Waals surface area (Å²) in [6, 6.07) is 0. The number of hydrogen-bond acceptors (Lipinski definition) is 3. The molecule has 8 heavy (non-hydrogen) atoms. The number of aldehydes is 1. The van der Waals surface area contributed by atoms with Gasteiger partial charge in [-0.15, -0.1) is 0 Å². The predicted molar refractivity (Wildman–Crippen MR) is 39.9 cm³/mol. The molecule has 0 amide bonds. The minimum absolute atomic E-state index is 0.306. The maximum atomic E-state index is 9.91. The Labute approximate surface area is 60.9 Å². The molecule has 0 heterocycles. The summed E-state index contributed by atoms with van der Waals surface area (Å²) in [5.41, 5.74) is 5.28. The largest absolute Gasteiger partial charge is 0.404 e. The highest BCUT2D eigenvalue weighted by Crippen LogP contribution is 1.98. The fourth-order valence-electron chi connectivity index (χ4n) is 0.151. The molecule has 0 rings (SSSR count). The molecule has 0 unspecified atom stereocenters. The summed E-state index contributed by atoms with van der Waals surface area (Å²) >= 11 is 7.47. The number of halogens is 1. The minimum atomic E-state index is 0.306. The Morgan fingerprint density at radius 3 is 2.25 bits per heavy atom. The highest BCUT2D eigenvalue weighted by Gasteiger charge is 1.94. The number of hydrogen-bond donors (Lipinski definition) is 1. The van der Waals surface area contributed by atoms with Gasteiger partial charge in [0.15, 0.2) is 6.29 Å². The van der Waals surface area contributed by atoms with E-state index in [1.165, 1.54) is 0 Å². The third kappa shape index (κ3) is 2.18. The van der Waals surface area contributed by atoms with Crippen LogP contribution in [0.15, 0.2) is 11.8 Å². The molecule has 0 aliphatic carbocycles. The monoisotopic (exact) mass is 193 g/mol. The molecular weight excluding hydrogens is 190 g/mol. The summed E-state index contributed by atoms with van der Waals surface area (Å²) < 4.78 is 0.343. The van der Waals surface area contributed by atoms with Gasteiger partial charge in [-0.2, -0.15) is 0 Å². The molecule has 0 aliphatic rings. The van der Waals surface area contributed by atoms with Crippen LogP contribution in [-0.4, -0.2) is 10.1 Å². The fraction of sp³-hybridized carbons (Fsp3) is 0. The highest BCUT2D eigenvalue weighted by molar-refractivity contribution is 9.20. The molecule has 0 radical (unpaired) electrons. The second-order valence-corrected chi connectivity index (χ2v) is 2.74. The molecular formula is C4H4BrNOS. The first-order valence-corrected chi connectivity index (χ1v) is 2.99. The summed E-state index contributed by atoms with van der Waals surface area (Å²) in [4.78, 5) is 9.91. The SMILES string of the molecule is NC=C(C=O)C(=S)Br. The van der Waals surface area contributed by atoms with Gasteiger partial charge < -0.3 is 5.73 Å². The minimum Gasteiger partial charge on any atom is -0.404 e. The number of nitrogens with two attached hydrogens (primary N) is 1. The van der Waals surface area contributed by atoms with E-state index < -0.39 is 0 Å². The van der Waals surface area contributed by atoms with Crippen molar-refractivity contribution in [3.63, 3.8) is 0 Å². The van der Waals surface area contributed by atoms with Crippen molar-refractivity contribution in [2.75, 3.05) is 0 Å². The van der Waals surface area contributed by atoms with Crippen molar-refractivity contribution >= 4 is 38.2 Å². The van der Waals surface area contributed by atoms with Crippen molar-refractivity contribution in [2.45, 2.75) is 0 Å². The van der Waals surface area contributed by atoms with Crippen LogP contribution in [-0.2, 0) is 4.79 Å². The van der Waals surface area contributed by atoms with Crippen LogP contribution < -0.4 is 5.73 Å². The lowest BCUT2D eigenvalue weighted by Gasteiger charge is -1.86. The summed E-state index contributed by atoms with van der Waals surface area (Å²) in [5.74, 6) is 0. The summed E-state index contributed by atoms with van der Waals surface area (Å²) in [7, 11) is 0. The molecule has 44 valence electrons. The van der Waals surface area contributed by atoms with Gasteiger partial charge in [-0.25, -0.2) is 0 Å². The van der Waals surface area contributed by atoms with Crippen molar-refractivity contribution in [3.8, 4) is 0 Å². The van der Waals surface area contributed by atoms with Gasteiger partial charge in [0.1, 0.15) is 0 Å². The first-order chi connectivity index (χ1) is 3.72. The van der Waals surface area contributed by atoms with Crippen LogP contribution in [0.5, 0.6) is 0 Å². The van der Waals surface area contributed by atoms with Gasteiger partial charge in [0.05, 0.1) is 9.35 Å². The molecule has 0 aromatic rings. The van der Waals surface area contributed by atoms with Gasteiger partial charge in [-0.1, -0.05) is 12.2 Å². The molecule has 0 saturated heterocycles. The zero-order valence-electron chi connectivity index (χ0n) is 3.93. The highest BCUT2D eigenvalue weighted by atomic mass is 79.9. The van der Waals surface area contributed by atoms with Crippen LogP contribution in [0.25, 0.3) is 0 Å². The van der Waals surface area contributed by atoms with Crippen LogP contribution in [0, 0.1) is 0 Å². The summed E-state index contributed by atoms with van der Waals surface area (Å²) in [5, 5.41) is 0. The maximum Gasteiger partial charge on any atom is 0.153 e. The number of rotatable bonds is 2. The van der Waals surface area contributed by atoms with Crippen molar-refractivity contribution in [2.24, 2.45) is 5.73 Å². The van der Waals surface area contributed by atoms with E-state index in [-0.39, 0.29) is 0 Å². The van der Waals surface area contributed by atoms with Crippen molar-refractivity contribution in [3.05, 3.63) is 11.8 Å². The number of carbonyl (C=O) groups excluding carboxylic acids is 1. The molecule has 0 spiro atoms. The lowest BCUT2D eigenvalue weighted by molar-refractivity contribution is -0.104. The third-order valence-electron chi connectivity index (χ3n) is 0.533. The Hall–Kier alpha value is -0.220. The Balaban J connectivity index is 4.13. The Kier molecular flexibility index (Phi) is 3.64. The summed E-state index contributed by atoms with van der Waals surface area (Å²) in [6.45, 7) is 0. The van der Waals surface area contributed by atoms with E-state index >= 15 is 0 Å². The predicted octanol–water partition coefficient (Wildman–Crippen LogP) is 0.750. The van der Waals surface area contributed by atoms with E-state index in [9.17, 15) is 4.79 Å². The molecule has 0 bridgehead atoms. The molecule has 0 fully saturated rings. The second kappa shape index (κ2) is 3.74.